The van der Waals surface area contributed by atoms with E-state index < -0.39 is 10.7 Å². The van der Waals surface area contributed by atoms with Crippen molar-refractivity contribution in [1.29, 1.82) is 0 Å². The Morgan fingerprint density at radius 1 is 1.09 bits per heavy atom. The molecule has 0 atom stereocenters. The van der Waals surface area contributed by atoms with Crippen LogP contribution in [-0.4, -0.2) is 30.4 Å². The first kappa shape index (κ1) is 26.0. The molecule has 0 aliphatic heterocycles. The topological polar surface area (TPSA) is 77.0 Å². The predicted octanol–water partition coefficient (Wildman–Crippen LogP) is 6.42. The fraction of sp³-hybridized carbons (Fsp3) is 0.217. The highest BCUT2D eigenvalue weighted by molar-refractivity contribution is 6.54. The Morgan fingerprint density at radius 2 is 1.79 bits per heavy atom. The lowest BCUT2D eigenvalue weighted by molar-refractivity contribution is -0.117. The Labute approximate surface area is 217 Å². The summed E-state index contributed by atoms with van der Waals surface area (Å²) in [4.78, 5) is 21.3. The van der Waals surface area contributed by atoms with E-state index in [0.717, 1.165) is 21.3 Å². The molecule has 0 bridgehead atoms. The molecule has 3 aromatic heterocycles. The summed E-state index contributed by atoms with van der Waals surface area (Å²) in [6.45, 7) is 3.93. The van der Waals surface area contributed by atoms with Crippen molar-refractivity contribution in [2.75, 3.05) is 4.90 Å². The molecule has 0 aliphatic rings. The van der Waals surface area contributed by atoms with Crippen LogP contribution in [0.25, 0.3) is 11.5 Å². The predicted molar refractivity (Wildman–Crippen MR) is 136 cm³/mol. The number of halogens is 4. The fourth-order valence-corrected chi connectivity index (χ4v) is 3.53. The van der Waals surface area contributed by atoms with E-state index in [2.05, 4.69) is 15.1 Å². The molecule has 0 aliphatic carbocycles. The number of carbonyl (C=O) groups is 1. The maximum atomic E-state index is 12.5. The maximum absolute atomic E-state index is 12.5. The Kier molecular flexibility index (Phi) is 8.97. The number of hydrogen-bond acceptors (Lipinski definition) is 5. The van der Waals surface area contributed by atoms with Gasteiger partial charge in [-0.1, -0.05) is 57.6 Å². The van der Waals surface area contributed by atoms with Crippen molar-refractivity contribution >= 4 is 58.0 Å². The lowest BCUT2D eigenvalue weighted by Gasteiger charge is -2.23. The number of rotatable bonds is 5. The molecule has 4 rings (SSSR count). The minimum atomic E-state index is -1.19. The van der Waals surface area contributed by atoms with Crippen LogP contribution in [0.4, 0.5) is 5.69 Å². The molecule has 7 nitrogen and oxygen atoms in total. The summed E-state index contributed by atoms with van der Waals surface area (Å²) in [5.74, 6) is 0.755. The summed E-state index contributed by atoms with van der Waals surface area (Å²) in [5, 5.41) is 5.30. The second-order valence-electron chi connectivity index (χ2n) is 7.26. The van der Waals surface area contributed by atoms with Crippen LogP contribution in [0.2, 0.25) is 10.0 Å². The molecule has 34 heavy (non-hydrogen) atoms. The minimum Gasteiger partial charge on any atom is -0.354 e. The standard InChI is InChI=1S/C16H15Cl2N5O2.C7H6Cl2/c1-10-7-13(25-21-10)12-8-11(3-4-19-12)23(16(24)15(17)18)9-14-20-5-6-22(14)2;1-5-6(8)3-2-4-7(5)9/h3-8,15H,9H2,1-2H3;2-4H,1H3. The zero-order valence-electron chi connectivity index (χ0n) is 18.5. The van der Waals surface area contributed by atoms with Crippen molar-refractivity contribution in [2.24, 2.45) is 7.05 Å². The molecule has 0 spiro atoms. The lowest BCUT2D eigenvalue weighted by atomic mass is 10.2. The molecule has 3 heterocycles. The zero-order chi connectivity index (χ0) is 24.8. The molecular formula is C23H21Cl4N5O2. The number of nitrogens with zero attached hydrogens (tertiary/aromatic N) is 5. The minimum absolute atomic E-state index is 0.219. The zero-order valence-corrected chi connectivity index (χ0v) is 21.6. The van der Waals surface area contributed by atoms with E-state index in [4.69, 9.17) is 50.9 Å². The van der Waals surface area contributed by atoms with Crippen LogP contribution < -0.4 is 4.90 Å². The normalized spacial score (nSPS) is 10.7. The second-order valence-corrected chi connectivity index (χ2v) is 9.17. The van der Waals surface area contributed by atoms with Crippen molar-refractivity contribution in [3.63, 3.8) is 0 Å². The van der Waals surface area contributed by atoms with E-state index in [1.807, 2.05) is 43.7 Å². The molecule has 0 N–H and O–H groups in total. The van der Waals surface area contributed by atoms with Gasteiger partial charge in [-0.25, -0.2) is 4.98 Å². The number of benzene rings is 1. The van der Waals surface area contributed by atoms with Gasteiger partial charge in [0.15, 0.2) is 10.6 Å². The smallest absolute Gasteiger partial charge is 0.260 e. The van der Waals surface area contributed by atoms with Crippen LogP contribution in [0.1, 0.15) is 17.1 Å². The maximum Gasteiger partial charge on any atom is 0.260 e. The SMILES string of the molecule is Cc1c(Cl)cccc1Cl.Cc1cc(-c2cc(N(Cc3nccn3C)C(=O)C(Cl)Cl)ccn2)on1. The van der Waals surface area contributed by atoms with Gasteiger partial charge in [0.2, 0.25) is 0 Å². The Hall–Kier alpha value is -2.58. The van der Waals surface area contributed by atoms with Crippen molar-refractivity contribution in [1.82, 2.24) is 19.7 Å². The number of aromatic nitrogens is 4. The number of hydrogen-bond donors (Lipinski definition) is 0. The number of amides is 1. The van der Waals surface area contributed by atoms with Gasteiger partial charge >= 0.3 is 0 Å². The van der Waals surface area contributed by atoms with Gasteiger partial charge in [-0.15, -0.1) is 0 Å². The number of carbonyl (C=O) groups excluding carboxylic acids is 1. The average Bonchev–Trinajstić information content (AvgIpc) is 3.43. The number of imidazole rings is 1. The molecule has 0 saturated heterocycles. The van der Waals surface area contributed by atoms with Crippen LogP contribution in [0.3, 0.4) is 0 Å². The van der Waals surface area contributed by atoms with Crippen LogP contribution in [0.15, 0.2) is 59.5 Å². The first-order valence-corrected chi connectivity index (χ1v) is 11.7. The third-order valence-electron chi connectivity index (χ3n) is 4.81. The summed E-state index contributed by atoms with van der Waals surface area (Å²) < 4.78 is 7.05. The highest BCUT2D eigenvalue weighted by Gasteiger charge is 2.24. The van der Waals surface area contributed by atoms with Crippen LogP contribution in [0, 0.1) is 13.8 Å². The van der Waals surface area contributed by atoms with E-state index in [1.54, 1.807) is 36.8 Å². The van der Waals surface area contributed by atoms with Gasteiger partial charge in [0.05, 0.1) is 12.2 Å². The Morgan fingerprint density at radius 3 is 2.32 bits per heavy atom. The average molecular weight is 541 g/mol. The van der Waals surface area contributed by atoms with E-state index in [-0.39, 0.29) is 6.54 Å². The lowest BCUT2D eigenvalue weighted by Crippen LogP contribution is -2.35. The number of alkyl halides is 2. The van der Waals surface area contributed by atoms with E-state index in [0.29, 0.717) is 23.0 Å². The van der Waals surface area contributed by atoms with Crippen molar-refractivity contribution in [3.05, 3.63) is 82.1 Å². The molecule has 1 amide bonds. The van der Waals surface area contributed by atoms with Crippen molar-refractivity contribution in [2.45, 2.75) is 25.2 Å². The van der Waals surface area contributed by atoms with Gasteiger partial charge < -0.3 is 14.0 Å². The van der Waals surface area contributed by atoms with Crippen LogP contribution in [0.5, 0.6) is 0 Å². The van der Waals surface area contributed by atoms with Gasteiger partial charge in [-0.3, -0.25) is 9.78 Å². The third kappa shape index (κ3) is 6.51. The second kappa shape index (κ2) is 11.7. The number of aryl methyl sites for hydroxylation is 2. The molecule has 1 aromatic carbocycles. The molecule has 0 saturated carbocycles. The number of anilines is 1. The van der Waals surface area contributed by atoms with E-state index >= 15 is 0 Å². The molecule has 0 fully saturated rings. The van der Waals surface area contributed by atoms with Gasteiger partial charge in [0, 0.05) is 47.4 Å². The molecule has 11 heteroatoms. The van der Waals surface area contributed by atoms with E-state index in [1.165, 1.54) is 4.90 Å². The molecule has 0 radical (unpaired) electrons. The monoisotopic (exact) mass is 539 g/mol. The first-order valence-electron chi connectivity index (χ1n) is 10.0. The first-order chi connectivity index (χ1) is 16.2. The summed E-state index contributed by atoms with van der Waals surface area (Å²) in [6.07, 6.45) is 5.04. The Bertz CT molecular complexity index is 1250. The van der Waals surface area contributed by atoms with Gasteiger partial charge in [0.25, 0.3) is 5.91 Å². The van der Waals surface area contributed by atoms with Gasteiger partial charge in [-0.05, 0) is 43.7 Å². The van der Waals surface area contributed by atoms with Gasteiger partial charge in [-0.2, -0.15) is 0 Å². The quantitative estimate of drug-likeness (QED) is 0.273. The van der Waals surface area contributed by atoms with Crippen molar-refractivity contribution in [3.8, 4) is 11.5 Å². The van der Waals surface area contributed by atoms with Crippen LogP contribution in [-0.2, 0) is 18.4 Å². The summed E-state index contributed by atoms with van der Waals surface area (Å²) in [5.41, 5.74) is 2.82. The summed E-state index contributed by atoms with van der Waals surface area (Å²) in [7, 11) is 1.85. The third-order valence-corrected chi connectivity index (χ3v) is 6.00. The molecule has 4 aromatic rings. The van der Waals surface area contributed by atoms with Crippen molar-refractivity contribution < 1.29 is 9.32 Å². The highest BCUT2D eigenvalue weighted by Crippen LogP contribution is 2.26. The molecular weight excluding hydrogens is 520 g/mol. The van der Waals surface area contributed by atoms with Crippen LogP contribution >= 0.6 is 46.4 Å². The summed E-state index contributed by atoms with van der Waals surface area (Å²) in [6, 6.07) is 10.7. The Balaban J connectivity index is 0.000000302. The highest BCUT2D eigenvalue weighted by atomic mass is 35.5. The molecule has 0 unspecified atom stereocenters. The largest absolute Gasteiger partial charge is 0.354 e. The van der Waals surface area contributed by atoms with E-state index in [9.17, 15) is 4.79 Å². The number of pyridine rings is 1. The summed E-state index contributed by atoms with van der Waals surface area (Å²) >= 11 is 23.1. The molecule has 178 valence electrons. The fourth-order valence-electron chi connectivity index (χ4n) is 2.89. The van der Waals surface area contributed by atoms with Gasteiger partial charge in [0.1, 0.15) is 11.5 Å².